The molecule has 140 valence electrons. The Bertz CT molecular complexity index is 1230. The summed E-state index contributed by atoms with van der Waals surface area (Å²) in [6.45, 7) is 1.88. The van der Waals surface area contributed by atoms with Crippen molar-refractivity contribution in [2.75, 3.05) is 5.32 Å². The molecular formula is C18H11FN4O3S2. The number of nitro groups is 1. The van der Waals surface area contributed by atoms with Crippen molar-refractivity contribution in [3.8, 4) is 11.4 Å². The molecule has 0 saturated heterocycles. The highest BCUT2D eigenvalue weighted by atomic mass is 32.1. The average Bonchev–Trinajstić information content (AvgIpc) is 3.30. The molecule has 28 heavy (non-hydrogen) atoms. The minimum Gasteiger partial charge on any atom is -0.305 e. The fourth-order valence-electron chi connectivity index (χ4n) is 2.59. The van der Waals surface area contributed by atoms with Crippen molar-refractivity contribution in [3.63, 3.8) is 0 Å². The predicted molar refractivity (Wildman–Crippen MR) is 106 cm³/mol. The first-order valence-electron chi connectivity index (χ1n) is 8.00. The van der Waals surface area contributed by atoms with Gasteiger partial charge in [0, 0.05) is 11.6 Å². The van der Waals surface area contributed by atoms with Gasteiger partial charge >= 0.3 is 5.00 Å². The molecule has 1 aromatic carbocycles. The number of hydrogen-bond donors (Lipinski definition) is 1. The molecule has 3 aromatic heterocycles. The van der Waals surface area contributed by atoms with Crippen LogP contribution in [-0.2, 0) is 0 Å². The molecule has 0 atom stereocenters. The lowest BCUT2D eigenvalue weighted by molar-refractivity contribution is -0.380. The summed E-state index contributed by atoms with van der Waals surface area (Å²) in [5.41, 5.74) is 2.05. The van der Waals surface area contributed by atoms with Crippen LogP contribution in [0.5, 0.6) is 0 Å². The fourth-order valence-corrected chi connectivity index (χ4v) is 4.24. The summed E-state index contributed by atoms with van der Waals surface area (Å²) < 4.78 is 14.3. The van der Waals surface area contributed by atoms with Gasteiger partial charge in [-0.25, -0.2) is 14.4 Å². The summed E-state index contributed by atoms with van der Waals surface area (Å²) in [5, 5.41) is 15.3. The summed E-state index contributed by atoms with van der Waals surface area (Å²) in [4.78, 5) is 32.0. The number of anilines is 1. The van der Waals surface area contributed by atoms with Crippen LogP contribution < -0.4 is 5.32 Å². The van der Waals surface area contributed by atoms with E-state index >= 15 is 0 Å². The van der Waals surface area contributed by atoms with Crippen molar-refractivity contribution in [2.45, 2.75) is 6.92 Å². The first-order chi connectivity index (χ1) is 13.4. The fraction of sp³-hybridized carbons (Fsp3) is 0.0556. The monoisotopic (exact) mass is 414 g/mol. The minimum absolute atomic E-state index is 0.120. The summed E-state index contributed by atoms with van der Waals surface area (Å²) >= 11 is 2.16. The Labute approximate surface area is 165 Å². The van der Waals surface area contributed by atoms with E-state index in [0.29, 0.717) is 15.8 Å². The molecule has 10 heteroatoms. The zero-order valence-electron chi connectivity index (χ0n) is 14.3. The zero-order valence-corrected chi connectivity index (χ0v) is 15.9. The number of rotatable bonds is 4. The molecule has 0 unspecified atom stereocenters. The number of aromatic nitrogens is 2. The summed E-state index contributed by atoms with van der Waals surface area (Å²) in [6.07, 6.45) is 0. The van der Waals surface area contributed by atoms with Crippen molar-refractivity contribution >= 4 is 49.6 Å². The minimum atomic E-state index is -0.547. The van der Waals surface area contributed by atoms with Crippen molar-refractivity contribution in [2.24, 2.45) is 0 Å². The molecule has 7 nitrogen and oxygen atoms in total. The number of nitrogens with one attached hydrogen (secondary N) is 1. The highest BCUT2D eigenvalue weighted by Crippen LogP contribution is 2.33. The van der Waals surface area contributed by atoms with Crippen LogP contribution in [0.1, 0.15) is 15.2 Å². The normalized spacial score (nSPS) is 10.9. The third-order valence-corrected chi connectivity index (χ3v) is 6.03. The van der Waals surface area contributed by atoms with Crippen molar-refractivity contribution < 1.29 is 14.1 Å². The maximum absolute atomic E-state index is 13.6. The van der Waals surface area contributed by atoms with Crippen LogP contribution in [0, 0.1) is 22.9 Å². The Morgan fingerprint density at radius 2 is 2.07 bits per heavy atom. The van der Waals surface area contributed by atoms with E-state index in [2.05, 4.69) is 15.3 Å². The largest absolute Gasteiger partial charge is 0.324 e. The number of nitrogens with zero attached hydrogens (tertiary/aromatic N) is 3. The molecule has 1 amide bonds. The van der Waals surface area contributed by atoms with Crippen LogP contribution >= 0.6 is 22.7 Å². The maximum Gasteiger partial charge on any atom is 0.324 e. The summed E-state index contributed by atoms with van der Waals surface area (Å²) in [5.74, 6) is -0.363. The third-order valence-electron chi connectivity index (χ3n) is 3.90. The first-order valence-corrected chi connectivity index (χ1v) is 9.69. The van der Waals surface area contributed by atoms with E-state index in [0.717, 1.165) is 16.9 Å². The molecule has 0 saturated carbocycles. The molecule has 0 aliphatic carbocycles. The van der Waals surface area contributed by atoms with E-state index in [9.17, 15) is 19.3 Å². The number of halogens is 1. The van der Waals surface area contributed by atoms with Gasteiger partial charge in [0.05, 0.1) is 20.0 Å². The average molecular weight is 414 g/mol. The molecule has 4 aromatic rings. The van der Waals surface area contributed by atoms with Gasteiger partial charge < -0.3 is 5.32 Å². The highest BCUT2D eigenvalue weighted by Gasteiger charge is 2.19. The van der Waals surface area contributed by atoms with Crippen LogP contribution in [0.2, 0.25) is 0 Å². The zero-order chi connectivity index (χ0) is 19.8. The van der Waals surface area contributed by atoms with Gasteiger partial charge in [-0.05, 0) is 36.1 Å². The lowest BCUT2D eigenvalue weighted by atomic mass is 10.2. The van der Waals surface area contributed by atoms with Crippen molar-refractivity contribution in [1.29, 1.82) is 0 Å². The van der Waals surface area contributed by atoms with Crippen LogP contribution in [0.4, 0.5) is 15.2 Å². The molecule has 0 aliphatic rings. The van der Waals surface area contributed by atoms with Gasteiger partial charge in [-0.2, -0.15) is 0 Å². The number of amides is 1. The van der Waals surface area contributed by atoms with E-state index in [1.807, 2.05) is 12.3 Å². The van der Waals surface area contributed by atoms with Crippen LogP contribution in [0.15, 0.2) is 41.8 Å². The number of thiophene rings is 2. The molecule has 0 bridgehead atoms. The molecular weight excluding hydrogens is 403 g/mol. The van der Waals surface area contributed by atoms with Crippen LogP contribution in [0.3, 0.4) is 0 Å². The quantitative estimate of drug-likeness (QED) is 0.373. The van der Waals surface area contributed by atoms with Gasteiger partial charge in [0.25, 0.3) is 5.91 Å². The molecule has 3 heterocycles. The van der Waals surface area contributed by atoms with Gasteiger partial charge in [-0.15, -0.1) is 11.3 Å². The van der Waals surface area contributed by atoms with E-state index < -0.39 is 16.6 Å². The number of benzene rings is 1. The number of carbonyl (C=O) groups is 1. The van der Waals surface area contributed by atoms with E-state index in [4.69, 9.17) is 0 Å². The third kappa shape index (κ3) is 3.35. The smallest absolute Gasteiger partial charge is 0.305 e. The molecule has 0 fully saturated rings. The van der Waals surface area contributed by atoms with Gasteiger partial charge in [-0.1, -0.05) is 23.5 Å². The van der Waals surface area contributed by atoms with E-state index in [1.54, 1.807) is 12.1 Å². The Balaban J connectivity index is 1.77. The standard InChI is InChI=1S/C18H11FN4O3S2/c1-9-8-27-15-14(9)20-16(10-3-2-4-11(19)7-10)21-17(15)22-18(24)12-5-6-13(28-12)23(25)26/h2-8H,1H3,(H,20,21,22,24). The maximum atomic E-state index is 13.6. The van der Waals surface area contributed by atoms with E-state index in [-0.39, 0.29) is 21.5 Å². The van der Waals surface area contributed by atoms with E-state index in [1.165, 1.54) is 35.6 Å². The molecule has 1 N–H and O–H groups in total. The Morgan fingerprint density at radius 3 is 2.79 bits per heavy atom. The van der Waals surface area contributed by atoms with Gasteiger partial charge in [-0.3, -0.25) is 14.9 Å². The second-order valence-corrected chi connectivity index (χ2v) is 7.79. The van der Waals surface area contributed by atoms with Crippen LogP contribution in [-0.4, -0.2) is 20.8 Å². The van der Waals surface area contributed by atoms with Crippen molar-refractivity contribution in [1.82, 2.24) is 9.97 Å². The number of carbonyl (C=O) groups excluding carboxylic acids is 1. The van der Waals surface area contributed by atoms with Gasteiger partial charge in [0.15, 0.2) is 11.6 Å². The summed E-state index contributed by atoms with van der Waals surface area (Å²) in [6, 6.07) is 8.55. The first kappa shape index (κ1) is 18.1. The van der Waals surface area contributed by atoms with Gasteiger partial charge in [0.2, 0.25) is 0 Å². The topological polar surface area (TPSA) is 98.0 Å². The number of fused-ring (bicyclic) bond motifs is 1. The number of aryl methyl sites for hydroxylation is 1. The summed E-state index contributed by atoms with van der Waals surface area (Å²) in [7, 11) is 0. The lowest BCUT2D eigenvalue weighted by Crippen LogP contribution is -2.12. The number of hydrogen-bond acceptors (Lipinski definition) is 7. The van der Waals surface area contributed by atoms with Gasteiger partial charge in [0.1, 0.15) is 5.82 Å². The molecule has 0 radical (unpaired) electrons. The molecule has 0 spiro atoms. The highest BCUT2D eigenvalue weighted by molar-refractivity contribution is 7.18. The van der Waals surface area contributed by atoms with Crippen LogP contribution in [0.25, 0.3) is 21.6 Å². The Kier molecular flexibility index (Phi) is 4.57. The second-order valence-electron chi connectivity index (χ2n) is 5.85. The molecule has 0 aliphatic heterocycles. The SMILES string of the molecule is Cc1csc2c(NC(=O)c3ccc([N+](=O)[O-])s3)nc(-c3cccc(F)c3)nc12. The van der Waals surface area contributed by atoms with Crippen molar-refractivity contribution in [3.05, 3.63) is 68.2 Å². The lowest BCUT2D eigenvalue weighted by Gasteiger charge is -2.08. The Morgan fingerprint density at radius 1 is 1.25 bits per heavy atom. The predicted octanol–water partition coefficient (Wildman–Crippen LogP) is 5.03. The molecule has 4 rings (SSSR count). The Hall–Kier alpha value is -3.24. The second kappa shape index (κ2) is 7.06.